The van der Waals surface area contributed by atoms with Crippen molar-refractivity contribution in [2.75, 3.05) is 6.54 Å². The zero-order valence-electron chi connectivity index (χ0n) is 10.8. The SMILES string of the molecule is Cc1nc(CNCC(=O)NCc2ccccc2)cs1. The topological polar surface area (TPSA) is 54.0 Å². The second-order valence-electron chi connectivity index (χ2n) is 4.22. The summed E-state index contributed by atoms with van der Waals surface area (Å²) in [5, 5.41) is 9.01. The van der Waals surface area contributed by atoms with Gasteiger partial charge in [0.15, 0.2) is 0 Å². The molecule has 19 heavy (non-hydrogen) atoms. The first kappa shape index (κ1) is 13.7. The summed E-state index contributed by atoms with van der Waals surface area (Å²) < 4.78 is 0. The summed E-state index contributed by atoms with van der Waals surface area (Å²) in [7, 11) is 0. The van der Waals surface area contributed by atoms with Crippen molar-refractivity contribution in [1.29, 1.82) is 0 Å². The minimum atomic E-state index is -0.00388. The Bertz CT molecular complexity index is 524. The summed E-state index contributed by atoms with van der Waals surface area (Å²) in [6.45, 7) is 3.48. The molecule has 0 saturated carbocycles. The highest BCUT2D eigenvalue weighted by atomic mass is 32.1. The Morgan fingerprint density at radius 2 is 2.05 bits per heavy atom. The molecule has 5 heteroatoms. The van der Waals surface area contributed by atoms with Crippen LogP contribution in [0.15, 0.2) is 35.7 Å². The fraction of sp³-hybridized carbons (Fsp3) is 0.286. The fourth-order valence-electron chi connectivity index (χ4n) is 1.65. The number of nitrogens with zero attached hydrogens (tertiary/aromatic N) is 1. The lowest BCUT2D eigenvalue weighted by Crippen LogP contribution is -2.33. The molecule has 1 aromatic carbocycles. The number of aryl methyl sites for hydroxylation is 1. The van der Waals surface area contributed by atoms with E-state index >= 15 is 0 Å². The highest BCUT2D eigenvalue weighted by Crippen LogP contribution is 2.06. The predicted octanol–water partition coefficient (Wildman–Crippen LogP) is 1.86. The van der Waals surface area contributed by atoms with Crippen LogP contribution in [-0.4, -0.2) is 17.4 Å². The van der Waals surface area contributed by atoms with Gasteiger partial charge in [0.25, 0.3) is 0 Å². The Hall–Kier alpha value is -1.72. The molecular formula is C14H17N3OS. The zero-order chi connectivity index (χ0) is 13.5. The van der Waals surface area contributed by atoms with Gasteiger partial charge in [0.2, 0.25) is 5.91 Å². The Morgan fingerprint density at radius 3 is 2.74 bits per heavy atom. The first-order valence-electron chi connectivity index (χ1n) is 6.16. The van der Waals surface area contributed by atoms with E-state index in [-0.39, 0.29) is 5.91 Å². The van der Waals surface area contributed by atoms with Crippen LogP contribution in [0.1, 0.15) is 16.3 Å². The molecule has 0 bridgehead atoms. The Balaban J connectivity index is 1.65. The first-order valence-corrected chi connectivity index (χ1v) is 7.04. The largest absolute Gasteiger partial charge is 0.351 e. The minimum Gasteiger partial charge on any atom is -0.351 e. The lowest BCUT2D eigenvalue weighted by atomic mass is 10.2. The number of amides is 1. The molecule has 0 saturated heterocycles. The first-order chi connectivity index (χ1) is 9.24. The highest BCUT2D eigenvalue weighted by molar-refractivity contribution is 7.09. The summed E-state index contributed by atoms with van der Waals surface area (Å²) in [4.78, 5) is 15.9. The molecular weight excluding hydrogens is 258 g/mol. The maximum Gasteiger partial charge on any atom is 0.234 e. The van der Waals surface area contributed by atoms with E-state index in [4.69, 9.17) is 0 Å². The summed E-state index contributed by atoms with van der Waals surface area (Å²) in [5.41, 5.74) is 2.09. The third-order valence-corrected chi connectivity index (χ3v) is 3.41. The standard InChI is InChI=1S/C14H17N3OS/c1-11-17-13(10-19-11)8-15-9-14(18)16-7-12-5-3-2-4-6-12/h2-6,10,15H,7-9H2,1H3,(H,16,18). The van der Waals surface area contributed by atoms with Crippen molar-refractivity contribution in [2.24, 2.45) is 0 Å². The van der Waals surface area contributed by atoms with Crippen LogP contribution in [0.2, 0.25) is 0 Å². The van der Waals surface area contributed by atoms with Gasteiger partial charge in [-0.05, 0) is 12.5 Å². The Labute approximate surface area is 116 Å². The summed E-state index contributed by atoms with van der Waals surface area (Å²) >= 11 is 1.62. The molecule has 0 unspecified atom stereocenters. The summed E-state index contributed by atoms with van der Waals surface area (Å²) in [6.07, 6.45) is 0. The number of nitrogens with one attached hydrogen (secondary N) is 2. The van der Waals surface area contributed by atoms with Crippen molar-refractivity contribution in [1.82, 2.24) is 15.6 Å². The van der Waals surface area contributed by atoms with Gasteiger partial charge in [-0.2, -0.15) is 0 Å². The van der Waals surface area contributed by atoms with Crippen LogP contribution in [0.25, 0.3) is 0 Å². The van der Waals surface area contributed by atoms with Crippen LogP contribution in [0.3, 0.4) is 0 Å². The van der Waals surface area contributed by atoms with Gasteiger partial charge < -0.3 is 10.6 Å². The quantitative estimate of drug-likeness (QED) is 0.846. The fourth-order valence-corrected chi connectivity index (χ4v) is 2.27. The van der Waals surface area contributed by atoms with Crippen molar-refractivity contribution >= 4 is 17.2 Å². The maximum atomic E-state index is 11.6. The van der Waals surface area contributed by atoms with Crippen LogP contribution in [-0.2, 0) is 17.9 Å². The molecule has 1 heterocycles. The van der Waals surface area contributed by atoms with Crippen molar-refractivity contribution < 1.29 is 4.79 Å². The van der Waals surface area contributed by atoms with Crippen molar-refractivity contribution in [3.63, 3.8) is 0 Å². The number of hydrogen-bond donors (Lipinski definition) is 2. The monoisotopic (exact) mass is 275 g/mol. The maximum absolute atomic E-state index is 11.6. The minimum absolute atomic E-state index is 0.00388. The van der Waals surface area contributed by atoms with Gasteiger partial charge in [-0.1, -0.05) is 30.3 Å². The molecule has 0 radical (unpaired) electrons. The smallest absolute Gasteiger partial charge is 0.234 e. The number of aromatic nitrogens is 1. The molecule has 1 amide bonds. The average Bonchev–Trinajstić information content (AvgIpc) is 2.83. The number of thiazole rings is 1. The van der Waals surface area contributed by atoms with Crippen molar-refractivity contribution in [3.05, 3.63) is 52.0 Å². The second kappa shape index (κ2) is 7.01. The molecule has 0 fully saturated rings. The normalized spacial score (nSPS) is 10.4. The lowest BCUT2D eigenvalue weighted by molar-refractivity contribution is -0.120. The van der Waals surface area contributed by atoms with Gasteiger partial charge in [0.05, 0.1) is 17.2 Å². The predicted molar refractivity (Wildman–Crippen MR) is 76.8 cm³/mol. The summed E-state index contributed by atoms with van der Waals surface area (Å²) in [5.74, 6) is -0.00388. The van der Waals surface area contributed by atoms with Gasteiger partial charge in [-0.3, -0.25) is 4.79 Å². The van der Waals surface area contributed by atoms with Crippen LogP contribution in [0.4, 0.5) is 0 Å². The van der Waals surface area contributed by atoms with E-state index in [1.54, 1.807) is 11.3 Å². The van der Waals surface area contributed by atoms with Crippen molar-refractivity contribution in [3.8, 4) is 0 Å². The molecule has 2 aromatic rings. The van der Waals surface area contributed by atoms with E-state index < -0.39 is 0 Å². The number of benzene rings is 1. The molecule has 1 aromatic heterocycles. The molecule has 0 atom stereocenters. The van der Waals surface area contributed by atoms with Gasteiger partial charge >= 0.3 is 0 Å². The molecule has 0 aliphatic rings. The van der Waals surface area contributed by atoms with Gasteiger partial charge in [0, 0.05) is 18.5 Å². The third kappa shape index (κ3) is 4.81. The van der Waals surface area contributed by atoms with Crippen LogP contribution in [0, 0.1) is 6.92 Å². The van der Waals surface area contributed by atoms with Crippen LogP contribution < -0.4 is 10.6 Å². The second-order valence-corrected chi connectivity index (χ2v) is 5.29. The number of rotatable bonds is 6. The summed E-state index contributed by atoms with van der Waals surface area (Å²) in [6, 6.07) is 9.87. The molecule has 0 aliphatic heterocycles. The van der Waals surface area contributed by atoms with Crippen LogP contribution in [0.5, 0.6) is 0 Å². The van der Waals surface area contributed by atoms with E-state index in [9.17, 15) is 4.79 Å². The van der Waals surface area contributed by atoms with E-state index in [0.29, 0.717) is 19.6 Å². The van der Waals surface area contributed by atoms with Crippen LogP contribution >= 0.6 is 11.3 Å². The van der Waals surface area contributed by atoms with E-state index in [0.717, 1.165) is 16.3 Å². The molecule has 4 nitrogen and oxygen atoms in total. The highest BCUT2D eigenvalue weighted by Gasteiger charge is 2.02. The van der Waals surface area contributed by atoms with Crippen molar-refractivity contribution in [2.45, 2.75) is 20.0 Å². The van der Waals surface area contributed by atoms with E-state index in [1.807, 2.05) is 42.6 Å². The molecule has 100 valence electrons. The number of carbonyl (C=O) groups excluding carboxylic acids is 1. The number of carbonyl (C=O) groups is 1. The van der Waals surface area contributed by atoms with Gasteiger partial charge in [-0.15, -0.1) is 11.3 Å². The average molecular weight is 275 g/mol. The van der Waals surface area contributed by atoms with E-state index in [1.165, 1.54) is 0 Å². The zero-order valence-corrected chi connectivity index (χ0v) is 11.7. The Morgan fingerprint density at radius 1 is 1.26 bits per heavy atom. The number of hydrogen-bond acceptors (Lipinski definition) is 4. The lowest BCUT2D eigenvalue weighted by Gasteiger charge is -2.06. The molecule has 2 N–H and O–H groups in total. The van der Waals surface area contributed by atoms with Gasteiger partial charge in [0.1, 0.15) is 0 Å². The molecule has 0 spiro atoms. The third-order valence-electron chi connectivity index (χ3n) is 2.59. The van der Waals surface area contributed by atoms with E-state index in [2.05, 4.69) is 15.6 Å². The molecule has 0 aliphatic carbocycles. The Kier molecular flexibility index (Phi) is 5.06. The van der Waals surface area contributed by atoms with Gasteiger partial charge in [-0.25, -0.2) is 4.98 Å². The molecule has 2 rings (SSSR count).